The van der Waals surface area contributed by atoms with Gasteiger partial charge in [0.05, 0.1) is 0 Å². The Balaban J connectivity index is 1.34. The van der Waals surface area contributed by atoms with Crippen LogP contribution in [0, 0.1) is 0 Å². The summed E-state index contributed by atoms with van der Waals surface area (Å²) in [4.78, 5) is 21.1. The maximum absolute atomic E-state index is 12.8. The second kappa shape index (κ2) is 8.35. The van der Waals surface area contributed by atoms with Gasteiger partial charge in [0, 0.05) is 50.7 Å². The fraction of sp³-hybridized carbons (Fsp3) is 0.476. The smallest absolute Gasteiger partial charge is 0.251 e. The number of hydrogen-bond donors (Lipinski definition) is 0. The second-order valence-electron chi connectivity index (χ2n) is 7.74. The minimum Gasteiger partial charge on any atom is -0.368 e. The zero-order valence-corrected chi connectivity index (χ0v) is 16.9. The molecule has 0 bridgehead atoms. The molecule has 30 heavy (non-hydrogen) atoms. The van der Waals surface area contributed by atoms with E-state index in [0.29, 0.717) is 24.6 Å². The molecule has 1 amide bonds. The quantitative estimate of drug-likeness (QED) is 0.654. The molecule has 5 rings (SSSR count). The van der Waals surface area contributed by atoms with Crippen LogP contribution >= 0.6 is 0 Å². The highest BCUT2D eigenvalue weighted by molar-refractivity contribution is 5.81. The Morgan fingerprint density at radius 2 is 1.87 bits per heavy atom. The van der Waals surface area contributed by atoms with Crippen molar-refractivity contribution in [2.24, 2.45) is 0 Å². The number of nitrogens with zero attached hydrogens (tertiary/aromatic N) is 7. The van der Waals surface area contributed by atoms with Gasteiger partial charge in [-0.1, -0.05) is 0 Å². The first kappa shape index (κ1) is 18.9. The number of anilines is 1. The Bertz CT molecular complexity index is 1020. The molecule has 2 saturated heterocycles. The van der Waals surface area contributed by atoms with Crippen LogP contribution in [0.5, 0.6) is 0 Å². The van der Waals surface area contributed by atoms with Crippen molar-refractivity contribution in [1.29, 1.82) is 0 Å². The SMILES string of the molecule is O=C(C1CCCCO1)N1CCCN(c2ccc3nnc(-c4ccncc4)n3n2)CC1. The molecule has 5 heterocycles. The number of rotatable bonds is 3. The van der Waals surface area contributed by atoms with Gasteiger partial charge in [-0.3, -0.25) is 9.78 Å². The molecule has 3 aromatic rings. The van der Waals surface area contributed by atoms with E-state index in [9.17, 15) is 4.79 Å². The molecule has 0 spiro atoms. The lowest BCUT2D eigenvalue weighted by Crippen LogP contribution is -2.43. The molecule has 0 saturated carbocycles. The van der Waals surface area contributed by atoms with Gasteiger partial charge >= 0.3 is 0 Å². The maximum Gasteiger partial charge on any atom is 0.251 e. The van der Waals surface area contributed by atoms with Crippen molar-refractivity contribution in [3.63, 3.8) is 0 Å². The summed E-state index contributed by atoms with van der Waals surface area (Å²) in [6, 6.07) is 7.70. The predicted molar refractivity (Wildman–Crippen MR) is 111 cm³/mol. The fourth-order valence-corrected chi connectivity index (χ4v) is 4.13. The lowest BCUT2D eigenvalue weighted by Gasteiger charge is -2.28. The van der Waals surface area contributed by atoms with E-state index >= 15 is 0 Å². The van der Waals surface area contributed by atoms with Crippen LogP contribution in [0.3, 0.4) is 0 Å². The first-order chi connectivity index (χ1) is 14.8. The molecule has 0 aromatic carbocycles. The molecule has 2 fully saturated rings. The van der Waals surface area contributed by atoms with Crippen LogP contribution in [0.4, 0.5) is 5.82 Å². The van der Waals surface area contributed by atoms with Crippen molar-refractivity contribution >= 4 is 17.4 Å². The van der Waals surface area contributed by atoms with Gasteiger partial charge in [0.1, 0.15) is 11.9 Å². The maximum atomic E-state index is 12.8. The Kier molecular flexibility index (Phi) is 5.27. The third kappa shape index (κ3) is 3.72. The summed E-state index contributed by atoms with van der Waals surface area (Å²) in [6.45, 7) is 3.72. The van der Waals surface area contributed by atoms with E-state index in [2.05, 4.69) is 20.1 Å². The largest absolute Gasteiger partial charge is 0.368 e. The van der Waals surface area contributed by atoms with Gasteiger partial charge in [0.2, 0.25) is 0 Å². The van der Waals surface area contributed by atoms with Crippen molar-refractivity contribution in [2.45, 2.75) is 31.8 Å². The third-order valence-electron chi connectivity index (χ3n) is 5.77. The minimum atomic E-state index is -0.264. The van der Waals surface area contributed by atoms with Crippen LogP contribution in [0.25, 0.3) is 17.0 Å². The molecule has 9 nitrogen and oxygen atoms in total. The first-order valence-electron chi connectivity index (χ1n) is 10.6. The van der Waals surface area contributed by atoms with Gasteiger partial charge in [0.25, 0.3) is 5.91 Å². The van der Waals surface area contributed by atoms with E-state index in [1.807, 2.05) is 29.2 Å². The summed E-state index contributed by atoms with van der Waals surface area (Å²) in [7, 11) is 0. The van der Waals surface area contributed by atoms with E-state index in [-0.39, 0.29) is 12.0 Å². The molecule has 9 heteroatoms. The van der Waals surface area contributed by atoms with Crippen molar-refractivity contribution in [3.05, 3.63) is 36.7 Å². The van der Waals surface area contributed by atoms with E-state index < -0.39 is 0 Å². The van der Waals surface area contributed by atoms with Gasteiger partial charge in [-0.05, 0) is 49.9 Å². The first-order valence-corrected chi connectivity index (χ1v) is 10.6. The lowest BCUT2D eigenvalue weighted by atomic mass is 10.1. The summed E-state index contributed by atoms with van der Waals surface area (Å²) in [5.41, 5.74) is 1.62. The summed E-state index contributed by atoms with van der Waals surface area (Å²) in [6.07, 6.45) is 7.06. The monoisotopic (exact) mass is 407 g/mol. The molecule has 0 aliphatic carbocycles. The molecular formula is C21H25N7O2. The van der Waals surface area contributed by atoms with Crippen LogP contribution in [-0.2, 0) is 9.53 Å². The highest BCUT2D eigenvalue weighted by atomic mass is 16.5. The van der Waals surface area contributed by atoms with Crippen LogP contribution in [-0.4, -0.2) is 74.5 Å². The number of hydrogen-bond acceptors (Lipinski definition) is 7. The van der Waals surface area contributed by atoms with E-state index in [1.165, 1.54) is 0 Å². The average Bonchev–Trinajstić information content (AvgIpc) is 3.08. The number of fused-ring (bicyclic) bond motifs is 1. The fourth-order valence-electron chi connectivity index (χ4n) is 4.13. The molecule has 2 aliphatic rings. The number of amides is 1. The summed E-state index contributed by atoms with van der Waals surface area (Å²) < 4.78 is 7.47. The Morgan fingerprint density at radius 3 is 2.70 bits per heavy atom. The summed E-state index contributed by atoms with van der Waals surface area (Å²) >= 11 is 0. The van der Waals surface area contributed by atoms with E-state index in [4.69, 9.17) is 9.84 Å². The predicted octanol–water partition coefficient (Wildman–Crippen LogP) is 1.79. The van der Waals surface area contributed by atoms with Crippen LogP contribution in [0.2, 0.25) is 0 Å². The van der Waals surface area contributed by atoms with Gasteiger partial charge in [-0.2, -0.15) is 4.52 Å². The average molecular weight is 407 g/mol. The van der Waals surface area contributed by atoms with Crippen LogP contribution in [0.15, 0.2) is 36.7 Å². The molecule has 1 atom stereocenters. The molecule has 3 aromatic heterocycles. The van der Waals surface area contributed by atoms with Crippen molar-refractivity contribution in [2.75, 3.05) is 37.7 Å². The molecule has 0 radical (unpaired) electrons. The van der Waals surface area contributed by atoms with Crippen molar-refractivity contribution in [3.8, 4) is 11.4 Å². The number of aromatic nitrogens is 5. The molecular weight excluding hydrogens is 382 g/mol. The molecule has 156 valence electrons. The zero-order chi connectivity index (χ0) is 20.3. The van der Waals surface area contributed by atoms with Crippen LogP contribution in [0.1, 0.15) is 25.7 Å². The Labute approximate surface area is 174 Å². The number of pyridine rings is 1. The highest BCUT2D eigenvalue weighted by Crippen LogP contribution is 2.21. The standard InChI is InChI=1S/C21H25N7O2/c29-21(17-4-1-2-15-30-17)27-12-3-11-26(13-14-27)19-6-5-18-23-24-20(28(18)25-19)16-7-9-22-10-8-16/h5-10,17H,1-4,11-15H2. The molecule has 0 N–H and O–H groups in total. The Morgan fingerprint density at radius 1 is 0.967 bits per heavy atom. The number of carbonyl (C=O) groups excluding carboxylic acids is 1. The van der Waals surface area contributed by atoms with Gasteiger partial charge in [-0.25, -0.2) is 0 Å². The minimum absolute atomic E-state index is 0.138. The normalized spacial score (nSPS) is 20.3. The zero-order valence-electron chi connectivity index (χ0n) is 16.9. The van der Waals surface area contributed by atoms with Crippen molar-refractivity contribution < 1.29 is 9.53 Å². The van der Waals surface area contributed by atoms with Gasteiger partial charge in [-0.15, -0.1) is 15.3 Å². The topological polar surface area (TPSA) is 88.8 Å². The lowest BCUT2D eigenvalue weighted by molar-refractivity contribution is -0.146. The number of ether oxygens (including phenoxy) is 1. The molecule has 2 aliphatic heterocycles. The van der Waals surface area contributed by atoms with E-state index in [1.54, 1.807) is 16.9 Å². The van der Waals surface area contributed by atoms with E-state index in [0.717, 1.165) is 56.7 Å². The summed E-state index contributed by atoms with van der Waals surface area (Å²) in [5.74, 6) is 1.69. The van der Waals surface area contributed by atoms with Crippen LogP contribution < -0.4 is 4.90 Å². The number of carbonyl (C=O) groups is 1. The van der Waals surface area contributed by atoms with Gasteiger partial charge < -0.3 is 14.5 Å². The molecule has 1 unspecified atom stereocenters. The second-order valence-corrected chi connectivity index (χ2v) is 7.74. The highest BCUT2D eigenvalue weighted by Gasteiger charge is 2.28. The third-order valence-corrected chi connectivity index (χ3v) is 5.77. The summed E-state index contributed by atoms with van der Waals surface area (Å²) in [5, 5.41) is 13.3. The van der Waals surface area contributed by atoms with Crippen molar-refractivity contribution in [1.82, 2.24) is 29.7 Å². The van der Waals surface area contributed by atoms with Gasteiger partial charge in [0.15, 0.2) is 11.5 Å². The Hall–Kier alpha value is -3.07.